The average molecular weight is 180 g/mol. The Bertz CT molecular complexity index is 150. The summed E-state index contributed by atoms with van der Waals surface area (Å²) in [4.78, 5) is 0. The van der Waals surface area contributed by atoms with Crippen LogP contribution < -0.4 is 0 Å². The minimum atomic E-state index is -1.56. The van der Waals surface area contributed by atoms with E-state index in [9.17, 15) is 9.50 Å². The van der Waals surface area contributed by atoms with Crippen LogP contribution in [0.4, 0.5) is 4.39 Å². The predicted molar refractivity (Wildman–Crippen MR) is 38.3 cm³/mol. The first kappa shape index (κ1) is 9.85. The molecule has 12 heavy (non-hydrogen) atoms. The van der Waals surface area contributed by atoms with Crippen LogP contribution in [-0.4, -0.2) is 48.1 Å². The van der Waals surface area contributed by atoms with Crippen molar-refractivity contribution in [2.75, 3.05) is 7.11 Å². The molecular formula is C7H13FO4. The largest absolute Gasteiger partial charge is 0.387 e. The van der Waals surface area contributed by atoms with Gasteiger partial charge in [-0.05, 0) is 6.92 Å². The van der Waals surface area contributed by atoms with Gasteiger partial charge < -0.3 is 19.7 Å². The van der Waals surface area contributed by atoms with Crippen LogP contribution in [0.2, 0.25) is 0 Å². The summed E-state index contributed by atoms with van der Waals surface area (Å²) >= 11 is 0. The molecule has 1 aliphatic heterocycles. The molecule has 0 saturated carbocycles. The third-order valence-corrected chi connectivity index (χ3v) is 1.98. The minimum Gasteiger partial charge on any atom is -0.387 e. The number of methoxy groups -OCH3 is 1. The van der Waals surface area contributed by atoms with Gasteiger partial charge in [0.05, 0.1) is 6.10 Å². The van der Waals surface area contributed by atoms with Gasteiger partial charge in [-0.2, -0.15) is 0 Å². The fourth-order valence-electron chi connectivity index (χ4n) is 1.19. The molecule has 0 aliphatic carbocycles. The van der Waals surface area contributed by atoms with Crippen molar-refractivity contribution in [1.82, 2.24) is 0 Å². The molecule has 1 rings (SSSR count). The highest BCUT2D eigenvalue weighted by atomic mass is 19.1. The Kier molecular flexibility index (Phi) is 3.00. The summed E-state index contributed by atoms with van der Waals surface area (Å²) in [5.74, 6) is 0. The van der Waals surface area contributed by atoms with E-state index in [2.05, 4.69) is 0 Å². The standard InChI is InChI=1S/C7H13FO4/c1-3-4(8)5(9)6(10)7(11-2)12-3/h3-7,9-10H,1-2H3/t3-,4+,5+,6+,7+/m1/s1. The normalized spacial score (nSPS) is 49.2. The summed E-state index contributed by atoms with van der Waals surface area (Å²) in [5.41, 5.74) is 0. The summed E-state index contributed by atoms with van der Waals surface area (Å²) in [5, 5.41) is 18.3. The van der Waals surface area contributed by atoms with E-state index in [1.807, 2.05) is 0 Å². The van der Waals surface area contributed by atoms with Gasteiger partial charge in [0.25, 0.3) is 0 Å². The van der Waals surface area contributed by atoms with E-state index in [1.165, 1.54) is 14.0 Å². The van der Waals surface area contributed by atoms with Gasteiger partial charge in [0.2, 0.25) is 0 Å². The number of halogens is 1. The highest BCUT2D eigenvalue weighted by Crippen LogP contribution is 2.23. The Morgan fingerprint density at radius 1 is 1.33 bits per heavy atom. The molecule has 1 heterocycles. The molecular weight excluding hydrogens is 167 g/mol. The van der Waals surface area contributed by atoms with E-state index in [-0.39, 0.29) is 0 Å². The molecule has 2 N–H and O–H groups in total. The van der Waals surface area contributed by atoms with E-state index < -0.39 is 30.8 Å². The smallest absolute Gasteiger partial charge is 0.186 e. The monoisotopic (exact) mass is 180 g/mol. The van der Waals surface area contributed by atoms with Gasteiger partial charge in [-0.15, -0.1) is 0 Å². The van der Waals surface area contributed by atoms with E-state index in [1.54, 1.807) is 0 Å². The molecule has 0 aromatic heterocycles. The zero-order chi connectivity index (χ0) is 9.30. The third kappa shape index (κ3) is 1.59. The molecule has 0 unspecified atom stereocenters. The van der Waals surface area contributed by atoms with Gasteiger partial charge in [0.15, 0.2) is 12.5 Å². The fourth-order valence-corrected chi connectivity index (χ4v) is 1.19. The lowest BCUT2D eigenvalue weighted by Crippen LogP contribution is -2.55. The number of aliphatic hydroxyl groups is 2. The lowest BCUT2D eigenvalue weighted by atomic mass is 10.0. The van der Waals surface area contributed by atoms with Crippen LogP contribution in [0.3, 0.4) is 0 Å². The Morgan fingerprint density at radius 2 is 1.92 bits per heavy atom. The molecule has 72 valence electrons. The molecule has 4 nitrogen and oxygen atoms in total. The first-order valence-corrected chi connectivity index (χ1v) is 3.76. The van der Waals surface area contributed by atoms with Crippen LogP contribution in [0.1, 0.15) is 6.92 Å². The molecule has 5 atom stereocenters. The fraction of sp³-hybridized carbons (Fsp3) is 1.00. The number of hydrogen-bond acceptors (Lipinski definition) is 4. The maximum Gasteiger partial charge on any atom is 0.186 e. The lowest BCUT2D eigenvalue weighted by molar-refractivity contribution is -0.275. The van der Waals surface area contributed by atoms with Crippen molar-refractivity contribution in [3.8, 4) is 0 Å². The summed E-state index contributed by atoms with van der Waals surface area (Å²) in [7, 11) is 1.33. The van der Waals surface area contributed by atoms with E-state index >= 15 is 0 Å². The van der Waals surface area contributed by atoms with Crippen molar-refractivity contribution in [3.63, 3.8) is 0 Å². The highest BCUT2D eigenvalue weighted by molar-refractivity contribution is 4.87. The second-order valence-electron chi connectivity index (χ2n) is 2.87. The first-order valence-electron chi connectivity index (χ1n) is 3.76. The van der Waals surface area contributed by atoms with Crippen molar-refractivity contribution in [1.29, 1.82) is 0 Å². The zero-order valence-electron chi connectivity index (χ0n) is 6.98. The Labute approximate surface area is 69.9 Å². The van der Waals surface area contributed by atoms with Crippen LogP contribution in [-0.2, 0) is 9.47 Å². The molecule has 1 fully saturated rings. The van der Waals surface area contributed by atoms with Crippen molar-refractivity contribution < 1.29 is 24.1 Å². The summed E-state index contributed by atoms with van der Waals surface area (Å²) in [6.07, 6.45) is -6.01. The van der Waals surface area contributed by atoms with E-state index in [0.29, 0.717) is 0 Å². The molecule has 5 heteroatoms. The van der Waals surface area contributed by atoms with Crippen molar-refractivity contribution in [2.45, 2.75) is 37.7 Å². The Balaban J connectivity index is 2.63. The summed E-state index contributed by atoms with van der Waals surface area (Å²) in [6, 6.07) is 0. The van der Waals surface area contributed by atoms with Crippen LogP contribution >= 0.6 is 0 Å². The highest BCUT2D eigenvalue weighted by Gasteiger charge is 2.42. The molecule has 1 saturated heterocycles. The Hall–Kier alpha value is -0.230. The number of aliphatic hydroxyl groups excluding tert-OH is 2. The number of hydrogen-bond donors (Lipinski definition) is 2. The first-order chi connectivity index (χ1) is 5.57. The van der Waals surface area contributed by atoms with Crippen molar-refractivity contribution in [2.24, 2.45) is 0 Å². The second kappa shape index (κ2) is 3.66. The second-order valence-corrected chi connectivity index (χ2v) is 2.87. The van der Waals surface area contributed by atoms with Gasteiger partial charge in [0.1, 0.15) is 12.2 Å². The molecule has 0 spiro atoms. The molecule has 0 radical (unpaired) electrons. The van der Waals surface area contributed by atoms with Crippen LogP contribution in [0, 0.1) is 0 Å². The number of rotatable bonds is 1. The minimum absolute atomic E-state index is 0.756. The van der Waals surface area contributed by atoms with Gasteiger partial charge in [-0.25, -0.2) is 4.39 Å². The molecule has 0 aromatic carbocycles. The predicted octanol–water partition coefficient (Wildman–Crippen LogP) is -0.562. The lowest BCUT2D eigenvalue weighted by Gasteiger charge is -2.37. The number of ether oxygens (including phenoxy) is 2. The zero-order valence-corrected chi connectivity index (χ0v) is 6.98. The van der Waals surface area contributed by atoms with E-state index in [4.69, 9.17) is 14.6 Å². The molecule has 0 aromatic rings. The summed E-state index contributed by atoms with van der Waals surface area (Å²) in [6.45, 7) is 1.48. The van der Waals surface area contributed by atoms with Gasteiger partial charge in [-0.1, -0.05) is 0 Å². The maximum atomic E-state index is 12.9. The van der Waals surface area contributed by atoms with Crippen LogP contribution in [0.15, 0.2) is 0 Å². The third-order valence-electron chi connectivity index (χ3n) is 1.98. The van der Waals surface area contributed by atoms with Crippen LogP contribution in [0.25, 0.3) is 0 Å². The number of alkyl halides is 1. The maximum absolute atomic E-state index is 12.9. The molecule has 1 aliphatic rings. The molecule has 0 amide bonds. The van der Waals surface area contributed by atoms with Gasteiger partial charge in [-0.3, -0.25) is 0 Å². The molecule has 0 bridgehead atoms. The van der Waals surface area contributed by atoms with Crippen LogP contribution in [0.5, 0.6) is 0 Å². The van der Waals surface area contributed by atoms with Crippen molar-refractivity contribution in [3.05, 3.63) is 0 Å². The Morgan fingerprint density at radius 3 is 2.42 bits per heavy atom. The summed E-state index contributed by atoms with van der Waals surface area (Å²) < 4.78 is 22.6. The van der Waals surface area contributed by atoms with E-state index in [0.717, 1.165) is 0 Å². The van der Waals surface area contributed by atoms with Gasteiger partial charge in [0, 0.05) is 7.11 Å². The topological polar surface area (TPSA) is 58.9 Å². The van der Waals surface area contributed by atoms with Crippen molar-refractivity contribution >= 4 is 0 Å². The average Bonchev–Trinajstić information content (AvgIpc) is 2.08. The SMILES string of the molecule is CO[C@H]1O[C@H](C)[C@H](F)[C@H](O)[C@@H]1O. The quantitative estimate of drug-likeness (QED) is 0.567. The van der Waals surface area contributed by atoms with Gasteiger partial charge >= 0.3 is 0 Å².